The van der Waals surface area contributed by atoms with E-state index in [-0.39, 0.29) is 39.0 Å². The average molecular weight is 613 g/mol. The molecule has 0 bridgehead atoms. The largest absolute Gasteiger partial charge is 0.494 e. The van der Waals surface area contributed by atoms with Gasteiger partial charge in [-0.3, -0.25) is 4.72 Å². The number of sulfonamides is 1. The summed E-state index contributed by atoms with van der Waals surface area (Å²) in [4.78, 5) is 23.8. The Bertz CT molecular complexity index is 1760. The molecule has 4 N–H and O–H groups in total. The first-order chi connectivity index (χ1) is 20.5. The molecule has 0 heterocycles. The minimum absolute atomic E-state index is 0.0854. The molecule has 0 atom stereocenters. The summed E-state index contributed by atoms with van der Waals surface area (Å²) in [7, 11) is -4.18. The van der Waals surface area contributed by atoms with Crippen LogP contribution in [0.1, 0.15) is 40.5 Å². The highest BCUT2D eigenvalue weighted by atomic mass is 32.2. The molecule has 0 fully saturated rings. The summed E-state index contributed by atoms with van der Waals surface area (Å²) in [5, 5.41) is 22.2. The van der Waals surface area contributed by atoms with Crippen LogP contribution < -0.4 is 19.5 Å². The Labute approximate surface area is 245 Å². The fourth-order valence-corrected chi connectivity index (χ4v) is 4.92. The Balaban J connectivity index is 1.54. The fourth-order valence-electron chi connectivity index (χ4n) is 3.84. The predicted molar refractivity (Wildman–Crippen MR) is 154 cm³/mol. The number of halogens is 2. The summed E-state index contributed by atoms with van der Waals surface area (Å²) in [6, 6.07) is 16.2. The zero-order chi connectivity index (χ0) is 31.1. The summed E-state index contributed by atoms with van der Waals surface area (Å²) in [5.74, 6) is -4.72. The number of carbonyl (C=O) groups is 2. The molecule has 0 aromatic heterocycles. The molecule has 4 rings (SSSR count). The normalized spacial score (nSPS) is 11.0. The zero-order valence-corrected chi connectivity index (χ0v) is 23.5. The highest BCUT2D eigenvalue weighted by Gasteiger charge is 2.21. The van der Waals surface area contributed by atoms with Gasteiger partial charge in [-0.15, -0.1) is 0 Å². The van der Waals surface area contributed by atoms with E-state index >= 15 is 0 Å². The number of rotatable bonds is 13. The maximum atomic E-state index is 13.5. The van der Waals surface area contributed by atoms with Gasteiger partial charge in [0.05, 0.1) is 22.8 Å². The van der Waals surface area contributed by atoms with Crippen molar-refractivity contribution in [1.29, 1.82) is 0 Å². The number of hydrogen-bond acceptors (Lipinski definition) is 7. The second kappa shape index (κ2) is 13.2. The summed E-state index contributed by atoms with van der Waals surface area (Å²) in [5.41, 5.74) is -0.616. The van der Waals surface area contributed by atoms with Crippen molar-refractivity contribution in [2.24, 2.45) is 0 Å². The Hall–Kier alpha value is -5.17. The lowest BCUT2D eigenvalue weighted by Crippen LogP contribution is -2.15. The summed E-state index contributed by atoms with van der Waals surface area (Å²) in [6.45, 7) is 2.50. The molecule has 224 valence electrons. The molecule has 43 heavy (non-hydrogen) atoms. The van der Waals surface area contributed by atoms with Crippen molar-refractivity contribution in [3.63, 3.8) is 0 Å². The molecule has 0 spiro atoms. The smallest absolute Gasteiger partial charge is 0.339 e. The Morgan fingerprint density at radius 1 is 0.791 bits per heavy atom. The van der Waals surface area contributed by atoms with Crippen LogP contribution in [0.25, 0.3) is 0 Å². The van der Waals surface area contributed by atoms with E-state index in [1.165, 1.54) is 60.7 Å². The van der Waals surface area contributed by atoms with Gasteiger partial charge in [-0.25, -0.2) is 26.8 Å². The summed E-state index contributed by atoms with van der Waals surface area (Å²) in [6.07, 6.45) is 1.79. The molecular formula is C30H26F2N2O8S. The molecule has 13 heteroatoms. The standard InChI is InChI=1S/C30H26F2N2O8S/c1-2-3-14-41-20-6-9-22(10-7-20)43(39,40)34-27-12-8-21(17-23(27)29(35)36)42-28-13-5-18(15-24(28)30(37)38)33-19-4-11-25(31)26(32)16-19/h4-13,15-17,33-34H,2-3,14H2,1H3,(H,35,36)(H,37,38). The monoisotopic (exact) mass is 612 g/mol. The SMILES string of the molecule is CCCCOc1ccc(S(=O)(=O)Nc2ccc(Oc3ccc(Nc4ccc(F)c(F)c4)cc3C(=O)O)cc2C(=O)O)cc1. The van der Waals surface area contributed by atoms with Crippen molar-refractivity contribution in [3.8, 4) is 17.2 Å². The van der Waals surface area contributed by atoms with E-state index in [9.17, 15) is 37.0 Å². The summed E-state index contributed by atoms with van der Waals surface area (Å²) < 4.78 is 66.1. The Morgan fingerprint density at radius 3 is 2.09 bits per heavy atom. The van der Waals surface area contributed by atoms with E-state index in [1.807, 2.05) is 6.92 Å². The van der Waals surface area contributed by atoms with Gasteiger partial charge in [-0.05, 0) is 79.2 Å². The van der Waals surface area contributed by atoms with Crippen LogP contribution in [0.2, 0.25) is 0 Å². The van der Waals surface area contributed by atoms with Gasteiger partial charge in [-0.2, -0.15) is 0 Å². The quantitative estimate of drug-likeness (QED) is 0.118. The van der Waals surface area contributed by atoms with Gasteiger partial charge in [-0.1, -0.05) is 13.3 Å². The van der Waals surface area contributed by atoms with Crippen LogP contribution in [0.5, 0.6) is 17.2 Å². The second-order valence-corrected chi connectivity index (χ2v) is 10.8. The maximum Gasteiger partial charge on any atom is 0.339 e. The number of hydrogen-bond donors (Lipinski definition) is 4. The molecule has 0 aliphatic rings. The van der Waals surface area contributed by atoms with E-state index in [0.717, 1.165) is 31.0 Å². The van der Waals surface area contributed by atoms with Gasteiger partial charge >= 0.3 is 11.9 Å². The molecular weight excluding hydrogens is 586 g/mol. The van der Waals surface area contributed by atoms with Crippen molar-refractivity contribution in [1.82, 2.24) is 0 Å². The van der Waals surface area contributed by atoms with Crippen LogP contribution in [0, 0.1) is 11.6 Å². The highest BCUT2D eigenvalue weighted by Crippen LogP contribution is 2.32. The first kappa shape index (κ1) is 30.8. The predicted octanol–water partition coefficient (Wildman–Crippen LogP) is 6.88. The third-order valence-electron chi connectivity index (χ3n) is 6.01. The molecule has 0 unspecified atom stereocenters. The number of benzene rings is 4. The van der Waals surface area contributed by atoms with Crippen molar-refractivity contribution < 1.29 is 46.5 Å². The molecule has 0 saturated carbocycles. The lowest BCUT2D eigenvalue weighted by Gasteiger charge is -2.15. The summed E-state index contributed by atoms with van der Waals surface area (Å²) >= 11 is 0. The lowest BCUT2D eigenvalue weighted by atomic mass is 10.1. The molecule has 0 aliphatic carbocycles. The van der Waals surface area contributed by atoms with E-state index < -0.39 is 39.2 Å². The second-order valence-electron chi connectivity index (χ2n) is 9.16. The minimum atomic E-state index is -4.18. The first-order valence-corrected chi connectivity index (χ1v) is 14.4. The van der Waals surface area contributed by atoms with Crippen LogP contribution in [0.3, 0.4) is 0 Å². The fraction of sp³-hybridized carbons (Fsp3) is 0.133. The van der Waals surface area contributed by atoms with Crippen LogP contribution in [-0.4, -0.2) is 37.2 Å². The van der Waals surface area contributed by atoms with E-state index in [2.05, 4.69) is 10.0 Å². The van der Waals surface area contributed by atoms with Gasteiger partial charge in [0.2, 0.25) is 0 Å². The molecule has 0 amide bonds. The van der Waals surface area contributed by atoms with Gasteiger partial charge < -0.3 is 25.0 Å². The molecule has 4 aromatic carbocycles. The van der Waals surface area contributed by atoms with Crippen molar-refractivity contribution in [2.75, 3.05) is 16.6 Å². The van der Waals surface area contributed by atoms with Crippen LogP contribution in [-0.2, 0) is 10.0 Å². The molecule has 4 aromatic rings. The number of carboxylic acid groups (broad SMARTS) is 2. The van der Waals surface area contributed by atoms with Crippen molar-refractivity contribution in [3.05, 3.63) is 102 Å². The number of anilines is 3. The third kappa shape index (κ3) is 7.77. The van der Waals surface area contributed by atoms with Crippen molar-refractivity contribution >= 4 is 39.0 Å². The van der Waals surface area contributed by atoms with Gasteiger partial charge in [0.1, 0.15) is 22.8 Å². The number of aromatic carboxylic acids is 2. The van der Waals surface area contributed by atoms with Gasteiger partial charge in [0, 0.05) is 17.4 Å². The van der Waals surface area contributed by atoms with E-state index in [4.69, 9.17) is 9.47 Å². The Morgan fingerprint density at radius 2 is 1.44 bits per heavy atom. The minimum Gasteiger partial charge on any atom is -0.494 e. The number of carboxylic acids is 2. The van der Waals surface area contributed by atoms with Crippen molar-refractivity contribution in [2.45, 2.75) is 24.7 Å². The lowest BCUT2D eigenvalue weighted by molar-refractivity contribution is 0.0683. The molecule has 0 aliphatic heterocycles. The maximum absolute atomic E-state index is 13.5. The van der Waals surface area contributed by atoms with E-state index in [0.29, 0.717) is 12.4 Å². The molecule has 0 radical (unpaired) electrons. The van der Waals surface area contributed by atoms with E-state index in [1.54, 1.807) is 0 Å². The molecule has 10 nitrogen and oxygen atoms in total. The van der Waals surface area contributed by atoms with Gasteiger partial charge in [0.25, 0.3) is 10.0 Å². The van der Waals surface area contributed by atoms with Crippen LogP contribution in [0.15, 0.2) is 83.8 Å². The molecule has 0 saturated heterocycles. The highest BCUT2D eigenvalue weighted by molar-refractivity contribution is 7.92. The van der Waals surface area contributed by atoms with Crippen LogP contribution in [0.4, 0.5) is 25.8 Å². The number of nitrogens with one attached hydrogen (secondary N) is 2. The van der Waals surface area contributed by atoms with Crippen LogP contribution >= 0.6 is 0 Å². The van der Waals surface area contributed by atoms with Gasteiger partial charge in [0.15, 0.2) is 11.6 Å². The Kier molecular flexibility index (Phi) is 9.46. The topological polar surface area (TPSA) is 151 Å². The number of ether oxygens (including phenoxy) is 2. The number of unbranched alkanes of at least 4 members (excludes halogenated alkanes) is 1. The zero-order valence-electron chi connectivity index (χ0n) is 22.6. The first-order valence-electron chi connectivity index (χ1n) is 12.9. The third-order valence-corrected chi connectivity index (χ3v) is 7.39. The average Bonchev–Trinajstić information content (AvgIpc) is 2.96.